The van der Waals surface area contributed by atoms with Gasteiger partial charge < -0.3 is 0 Å². The number of benzene rings is 1. The van der Waals surface area contributed by atoms with Gasteiger partial charge in [-0.2, -0.15) is 0 Å². The first-order chi connectivity index (χ1) is 18.3. The minimum atomic E-state index is -3.51. The molecule has 1 saturated heterocycles. The van der Waals surface area contributed by atoms with Crippen molar-refractivity contribution in [2.24, 2.45) is 52.3 Å². The van der Waals surface area contributed by atoms with Crippen molar-refractivity contribution >= 4 is 25.2 Å². The molecule has 0 amide bonds. The number of aryl methyl sites for hydroxylation is 1. The summed E-state index contributed by atoms with van der Waals surface area (Å²) in [5.41, 5.74) is 1.91. The molecule has 11 rings (SSSR count). The van der Waals surface area contributed by atoms with Crippen molar-refractivity contribution in [2.75, 3.05) is 0 Å². The predicted octanol–water partition coefficient (Wildman–Crippen LogP) is 7.15. The van der Waals surface area contributed by atoms with Gasteiger partial charge in [-0.25, -0.2) is 0 Å². The Morgan fingerprint density at radius 1 is 0.737 bits per heavy atom. The molecule has 204 valence electrons. The molecule has 2 atom stereocenters. The summed E-state index contributed by atoms with van der Waals surface area (Å²) < 4.78 is 31.4. The van der Waals surface area contributed by atoms with E-state index in [1.54, 1.807) is 0 Å². The van der Waals surface area contributed by atoms with Crippen LogP contribution >= 0.6 is 0 Å². The van der Waals surface area contributed by atoms with Crippen molar-refractivity contribution in [3.05, 3.63) is 42.0 Å². The number of hydrogen-bond donors (Lipinski definition) is 0. The van der Waals surface area contributed by atoms with Gasteiger partial charge in [0.2, 0.25) is 0 Å². The van der Waals surface area contributed by atoms with E-state index in [0.29, 0.717) is 21.6 Å². The third-order valence-corrected chi connectivity index (χ3v) is 20.5. The van der Waals surface area contributed by atoms with Crippen LogP contribution in [-0.2, 0) is 10.0 Å². The minimum absolute atomic E-state index is 0.0336. The summed E-state index contributed by atoms with van der Waals surface area (Å²) in [4.78, 5) is 0.524. The number of allylic oxidation sites excluding steroid dienone is 1. The Labute approximate surface area is 236 Å². The molecule has 1 heterocycles. The topological polar surface area (TPSA) is 37.4 Å². The van der Waals surface area contributed by atoms with Gasteiger partial charge in [-0.1, -0.05) is 0 Å². The molecule has 38 heavy (non-hydrogen) atoms. The summed E-state index contributed by atoms with van der Waals surface area (Å²) in [5.74, 6) is 6.00. The van der Waals surface area contributed by atoms with Crippen LogP contribution in [0.1, 0.15) is 89.0 Å². The summed E-state index contributed by atoms with van der Waals surface area (Å²) in [6.07, 6.45) is 23.2. The van der Waals surface area contributed by atoms with Gasteiger partial charge in [0.25, 0.3) is 0 Å². The quantitative estimate of drug-likeness (QED) is 0.273. The monoisotopic (exact) mass is 597 g/mol. The van der Waals surface area contributed by atoms with E-state index in [0.717, 1.165) is 47.5 Å². The van der Waals surface area contributed by atoms with Crippen LogP contribution < -0.4 is 0 Å². The van der Waals surface area contributed by atoms with E-state index in [2.05, 4.69) is 22.4 Å². The van der Waals surface area contributed by atoms with Crippen LogP contribution in [0.15, 0.2) is 41.3 Å². The number of rotatable bonds is 4. The molecule has 2 unspecified atom stereocenters. The van der Waals surface area contributed by atoms with E-state index < -0.39 is 10.0 Å². The first kappa shape index (κ1) is 24.0. The van der Waals surface area contributed by atoms with Crippen LogP contribution in [0.3, 0.4) is 0 Å². The standard InChI is InChI=1S/C33H43NO2SSe/c1-21-5-7-28(8-6-21)37(35,36)34-30-4-2-3-29(30)33(38-34,31-15-22-9-23(16-31)11-24(10-22)17-31)32-18-25-12-26(19-32)14-27(13-25)20-32/h2,4-8,22-27,29-30H,3,9-20H2,1H3. The van der Waals surface area contributed by atoms with Gasteiger partial charge in [-0.3, -0.25) is 0 Å². The van der Waals surface area contributed by atoms with Gasteiger partial charge >= 0.3 is 237 Å². The number of sulfonamides is 1. The molecule has 9 fully saturated rings. The fourth-order valence-electron chi connectivity index (χ4n) is 13.2. The molecule has 8 bridgehead atoms. The van der Waals surface area contributed by atoms with E-state index >= 15 is 0 Å². The van der Waals surface area contributed by atoms with Crippen LogP contribution in [0.4, 0.5) is 0 Å². The fraction of sp³-hybridized carbons (Fsp3) is 0.758. The Morgan fingerprint density at radius 3 is 1.63 bits per heavy atom. The molecule has 8 saturated carbocycles. The zero-order valence-electron chi connectivity index (χ0n) is 22.9. The molecule has 9 aliphatic carbocycles. The average Bonchev–Trinajstić information content (AvgIpc) is 3.45. The van der Waals surface area contributed by atoms with E-state index in [-0.39, 0.29) is 25.5 Å². The fourth-order valence-corrected chi connectivity index (χ4v) is 20.3. The van der Waals surface area contributed by atoms with E-state index in [9.17, 15) is 8.42 Å². The summed E-state index contributed by atoms with van der Waals surface area (Å²) in [6.45, 7) is 2.05. The molecule has 1 aromatic carbocycles. The van der Waals surface area contributed by atoms with E-state index in [4.69, 9.17) is 0 Å². The predicted molar refractivity (Wildman–Crippen MR) is 151 cm³/mol. The molecule has 1 aliphatic heterocycles. The van der Waals surface area contributed by atoms with Gasteiger partial charge in [0, 0.05) is 0 Å². The zero-order chi connectivity index (χ0) is 25.5. The van der Waals surface area contributed by atoms with E-state index in [1.165, 1.54) is 77.0 Å². The second-order valence-corrected chi connectivity index (χ2v) is 20.5. The Morgan fingerprint density at radius 2 is 1.18 bits per heavy atom. The van der Waals surface area contributed by atoms with Gasteiger partial charge in [-0.05, 0) is 0 Å². The maximum absolute atomic E-state index is 14.5. The molecule has 1 aromatic rings. The van der Waals surface area contributed by atoms with Crippen molar-refractivity contribution in [1.29, 1.82) is 0 Å². The first-order valence-corrected chi connectivity index (χ1v) is 18.8. The molecular weight excluding hydrogens is 553 g/mol. The Bertz CT molecular complexity index is 1180. The van der Waals surface area contributed by atoms with Crippen molar-refractivity contribution in [2.45, 2.75) is 106 Å². The van der Waals surface area contributed by atoms with Crippen LogP contribution in [0, 0.1) is 59.2 Å². The third kappa shape index (κ3) is 2.99. The second-order valence-electron chi connectivity index (χ2n) is 15.6. The SMILES string of the molecule is Cc1ccc(S(=O)(=O)N2[Se]C(C34CC5CC(CC(C5)C3)C4)(C34CC5CC(CC(C5)C3)C4)C3CC=CC32)cc1. The first-order valence-electron chi connectivity index (χ1n) is 15.8. The molecule has 0 aromatic heterocycles. The van der Waals surface area contributed by atoms with Crippen molar-refractivity contribution in [1.82, 2.24) is 3.32 Å². The van der Waals surface area contributed by atoms with Gasteiger partial charge in [-0.15, -0.1) is 0 Å². The van der Waals surface area contributed by atoms with E-state index in [1.807, 2.05) is 24.3 Å². The summed E-state index contributed by atoms with van der Waals surface area (Å²) in [7, 11) is -3.51. The summed E-state index contributed by atoms with van der Waals surface area (Å²) >= 11 is -0.0336. The van der Waals surface area contributed by atoms with Gasteiger partial charge in [0.15, 0.2) is 0 Å². The number of fused-ring (bicyclic) bond motifs is 1. The number of hydrogen-bond acceptors (Lipinski definition) is 2. The van der Waals surface area contributed by atoms with Crippen LogP contribution in [-0.4, -0.2) is 33.0 Å². The van der Waals surface area contributed by atoms with Crippen LogP contribution in [0.5, 0.6) is 0 Å². The van der Waals surface area contributed by atoms with Crippen molar-refractivity contribution in [3.63, 3.8) is 0 Å². The maximum atomic E-state index is 14.5. The normalized spacial score (nSPS) is 52.2. The zero-order valence-corrected chi connectivity index (χ0v) is 25.4. The molecule has 0 spiro atoms. The van der Waals surface area contributed by atoms with Gasteiger partial charge in [0.1, 0.15) is 0 Å². The molecule has 5 heteroatoms. The van der Waals surface area contributed by atoms with Crippen LogP contribution in [0.25, 0.3) is 0 Å². The average molecular weight is 597 g/mol. The van der Waals surface area contributed by atoms with Crippen molar-refractivity contribution < 1.29 is 8.42 Å². The molecular formula is C33H43NO2SSe. The molecule has 10 aliphatic rings. The Balaban J connectivity index is 1.24. The van der Waals surface area contributed by atoms with Crippen LogP contribution in [0.2, 0.25) is 4.31 Å². The Hall–Kier alpha value is -0.611. The molecule has 0 radical (unpaired) electrons. The van der Waals surface area contributed by atoms with Crippen molar-refractivity contribution in [3.8, 4) is 0 Å². The number of nitrogens with zero attached hydrogens (tertiary/aromatic N) is 1. The Kier molecular flexibility index (Phi) is 4.94. The summed E-state index contributed by atoms with van der Waals surface area (Å²) in [5, 5.41) is 0. The molecule has 0 N–H and O–H groups in total. The van der Waals surface area contributed by atoms with Gasteiger partial charge in [0.05, 0.1) is 0 Å². The molecule has 3 nitrogen and oxygen atoms in total. The second kappa shape index (κ2) is 7.81. The summed E-state index contributed by atoms with van der Waals surface area (Å²) in [6, 6.07) is 7.82. The third-order valence-electron chi connectivity index (χ3n) is 13.3.